The summed E-state index contributed by atoms with van der Waals surface area (Å²) in [6.45, 7) is 0.788. The molecule has 0 fully saturated rings. The molecule has 2 rings (SSSR count). The van der Waals surface area contributed by atoms with Crippen molar-refractivity contribution in [1.29, 1.82) is 5.41 Å². The van der Waals surface area contributed by atoms with Gasteiger partial charge in [-0.3, -0.25) is 5.41 Å². The zero-order chi connectivity index (χ0) is 13.7. The van der Waals surface area contributed by atoms with Gasteiger partial charge in [0.25, 0.3) is 0 Å². The summed E-state index contributed by atoms with van der Waals surface area (Å²) in [5, 5.41) is 7.70. The predicted molar refractivity (Wildman–Crippen MR) is 87.5 cm³/mol. The first-order valence-corrected chi connectivity index (χ1v) is 8.54. The van der Waals surface area contributed by atoms with Crippen molar-refractivity contribution in [1.82, 2.24) is 4.90 Å². The van der Waals surface area contributed by atoms with Crippen LogP contribution in [0.25, 0.3) is 0 Å². The number of allylic oxidation sites excluding steroid dienone is 2. The van der Waals surface area contributed by atoms with Crippen molar-refractivity contribution >= 4 is 34.0 Å². The maximum absolute atomic E-state index is 7.70. The summed E-state index contributed by atoms with van der Waals surface area (Å²) in [4.78, 5) is 3.54. The van der Waals surface area contributed by atoms with Gasteiger partial charge in [-0.15, -0.1) is 11.8 Å². The largest absolute Gasteiger partial charge is 0.331 e. The van der Waals surface area contributed by atoms with Gasteiger partial charge in [-0.25, -0.2) is 0 Å². The molecule has 1 aliphatic rings. The van der Waals surface area contributed by atoms with E-state index in [1.54, 1.807) is 0 Å². The molecule has 19 heavy (non-hydrogen) atoms. The van der Waals surface area contributed by atoms with Crippen LogP contribution in [-0.4, -0.2) is 17.5 Å². The number of halogens is 1. The molecular weight excluding hydrogens is 320 g/mol. The molecule has 2 nitrogen and oxygen atoms in total. The molecule has 102 valence electrons. The normalized spacial score (nSPS) is 15.5. The van der Waals surface area contributed by atoms with E-state index in [1.807, 2.05) is 11.8 Å². The van der Waals surface area contributed by atoms with Gasteiger partial charge in [0.1, 0.15) is 0 Å². The van der Waals surface area contributed by atoms with Crippen molar-refractivity contribution < 1.29 is 0 Å². The fourth-order valence-corrected chi connectivity index (χ4v) is 3.46. The van der Waals surface area contributed by atoms with E-state index in [0.29, 0.717) is 0 Å². The lowest BCUT2D eigenvalue weighted by molar-refractivity contribution is 0.466. The van der Waals surface area contributed by atoms with Crippen molar-refractivity contribution in [2.45, 2.75) is 32.2 Å². The van der Waals surface area contributed by atoms with E-state index in [-0.39, 0.29) is 0 Å². The lowest BCUT2D eigenvalue weighted by atomic mass is 10.0. The molecule has 1 aromatic rings. The van der Waals surface area contributed by atoms with E-state index >= 15 is 0 Å². The molecule has 0 unspecified atom stereocenters. The topological polar surface area (TPSA) is 27.1 Å². The first kappa shape index (κ1) is 14.7. The Bertz CT molecular complexity index is 468. The van der Waals surface area contributed by atoms with Crippen molar-refractivity contribution in [3.8, 4) is 0 Å². The molecule has 1 aliphatic carbocycles. The highest BCUT2D eigenvalue weighted by Crippen LogP contribution is 2.33. The Balaban J connectivity index is 2.17. The van der Waals surface area contributed by atoms with Gasteiger partial charge in [0, 0.05) is 21.6 Å². The summed E-state index contributed by atoms with van der Waals surface area (Å²) in [6, 6.07) is 8.34. The lowest BCUT2D eigenvalue weighted by Gasteiger charge is -2.28. The van der Waals surface area contributed by atoms with Crippen LogP contribution < -0.4 is 0 Å². The summed E-state index contributed by atoms with van der Waals surface area (Å²) in [6.07, 6.45) is 8.40. The molecule has 0 heterocycles. The fourth-order valence-electron chi connectivity index (χ4n) is 2.39. The summed E-state index contributed by atoms with van der Waals surface area (Å²) in [5.74, 6) is 0. The Morgan fingerprint density at radius 3 is 2.58 bits per heavy atom. The van der Waals surface area contributed by atoms with Gasteiger partial charge in [0.05, 0.1) is 6.34 Å². The predicted octanol–water partition coefficient (Wildman–Crippen LogP) is 5.01. The van der Waals surface area contributed by atoms with Crippen LogP contribution in [0.15, 0.2) is 39.3 Å². The quantitative estimate of drug-likeness (QED) is 0.603. The van der Waals surface area contributed by atoms with Gasteiger partial charge in [0.2, 0.25) is 0 Å². The number of nitrogens with zero attached hydrogens (tertiary/aromatic N) is 1. The molecule has 0 saturated heterocycles. The number of thioether (sulfide) groups is 1. The van der Waals surface area contributed by atoms with Crippen molar-refractivity contribution in [2.75, 3.05) is 6.26 Å². The Morgan fingerprint density at radius 1 is 1.26 bits per heavy atom. The third kappa shape index (κ3) is 3.86. The highest BCUT2D eigenvalue weighted by molar-refractivity contribution is 9.10. The lowest BCUT2D eigenvalue weighted by Crippen LogP contribution is -2.23. The van der Waals surface area contributed by atoms with Crippen LogP contribution in [0.4, 0.5) is 0 Å². The van der Waals surface area contributed by atoms with Gasteiger partial charge >= 0.3 is 0 Å². The van der Waals surface area contributed by atoms with E-state index in [0.717, 1.165) is 17.4 Å². The van der Waals surface area contributed by atoms with E-state index in [4.69, 9.17) is 5.41 Å². The third-order valence-electron chi connectivity index (χ3n) is 3.40. The maximum Gasteiger partial charge on any atom is 0.0862 e. The molecule has 0 aromatic heterocycles. The highest BCUT2D eigenvalue weighted by atomic mass is 79.9. The van der Waals surface area contributed by atoms with Gasteiger partial charge in [-0.1, -0.05) is 28.1 Å². The van der Waals surface area contributed by atoms with Gasteiger partial charge in [0.15, 0.2) is 0 Å². The second-order valence-corrected chi connectivity index (χ2v) is 6.48. The van der Waals surface area contributed by atoms with E-state index < -0.39 is 0 Å². The second-order valence-electron chi connectivity index (χ2n) is 4.66. The minimum Gasteiger partial charge on any atom is -0.331 e. The summed E-state index contributed by atoms with van der Waals surface area (Å²) in [5.41, 5.74) is 2.59. The Hall–Kier alpha value is -0.740. The standard InChI is InChI=1S/C15H19BrN2S/c1-19-15-5-3-2-4-14(15)18(11-17)10-12-6-8-13(16)9-7-12/h6-9,11,17H,2-5,10H2,1H3. The Morgan fingerprint density at radius 2 is 1.95 bits per heavy atom. The zero-order valence-electron chi connectivity index (χ0n) is 11.2. The van der Waals surface area contributed by atoms with Crippen LogP contribution in [-0.2, 0) is 6.54 Å². The molecule has 0 bridgehead atoms. The van der Waals surface area contributed by atoms with Gasteiger partial charge in [-0.05, 0) is 49.6 Å². The van der Waals surface area contributed by atoms with Crippen LogP contribution >= 0.6 is 27.7 Å². The number of nitrogens with one attached hydrogen (secondary N) is 1. The highest BCUT2D eigenvalue weighted by Gasteiger charge is 2.17. The van der Waals surface area contributed by atoms with Crippen LogP contribution in [0, 0.1) is 5.41 Å². The third-order valence-corrected chi connectivity index (χ3v) is 4.87. The maximum atomic E-state index is 7.70. The number of rotatable bonds is 5. The van der Waals surface area contributed by atoms with Gasteiger partial charge < -0.3 is 4.90 Å². The molecule has 0 atom stereocenters. The molecule has 1 N–H and O–H groups in total. The molecule has 0 aliphatic heterocycles. The molecule has 1 aromatic carbocycles. The summed E-state index contributed by atoms with van der Waals surface area (Å²) >= 11 is 5.29. The first-order chi connectivity index (χ1) is 9.24. The smallest absolute Gasteiger partial charge is 0.0862 e. The van der Waals surface area contributed by atoms with Crippen LogP contribution in [0.2, 0.25) is 0 Å². The minimum atomic E-state index is 0.788. The number of hydrogen-bond donors (Lipinski definition) is 1. The average Bonchev–Trinajstić information content (AvgIpc) is 2.46. The minimum absolute atomic E-state index is 0.788. The molecule has 0 amide bonds. The van der Waals surface area contributed by atoms with Crippen molar-refractivity contribution in [2.24, 2.45) is 0 Å². The number of hydrogen-bond acceptors (Lipinski definition) is 2. The molecule has 0 radical (unpaired) electrons. The summed E-state index contributed by atoms with van der Waals surface area (Å²) in [7, 11) is 0. The van der Waals surface area contributed by atoms with Crippen LogP contribution in [0.1, 0.15) is 31.2 Å². The van der Waals surface area contributed by atoms with E-state index in [1.165, 1.54) is 41.8 Å². The zero-order valence-corrected chi connectivity index (χ0v) is 13.6. The van der Waals surface area contributed by atoms with E-state index in [9.17, 15) is 0 Å². The van der Waals surface area contributed by atoms with Gasteiger partial charge in [-0.2, -0.15) is 0 Å². The molecule has 4 heteroatoms. The monoisotopic (exact) mass is 338 g/mol. The first-order valence-electron chi connectivity index (χ1n) is 6.52. The SMILES string of the molecule is CSC1=C(N(C=N)Cc2ccc(Br)cc2)CCCC1. The number of benzene rings is 1. The molecule has 0 spiro atoms. The fraction of sp³-hybridized carbons (Fsp3) is 0.400. The molecular formula is C15H19BrN2S. The Labute approximate surface area is 127 Å². The Kier molecular flexibility index (Phi) is 5.52. The van der Waals surface area contributed by atoms with Crippen LogP contribution in [0.3, 0.4) is 0 Å². The van der Waals surface area contributed by atoms with Crippen LogP contribution in [0.5, 0.6) is 0 Å². The van der Waals surface area contributed by atoms with Crippen molar-refractivity contribution in [3.63, 3.8) is 0 Å². The van der Waals surface area contributed by atoms with E-state index in [2.05, 4.69) is 51.4 Å². The second kappa shape index (κ2) is 7.15. The van der Waals surface area contributed by atoms with Crippen molar-refractivity contribution in [3.05, 3.63) is 44.9 Å². The molecule has 0 saturated carbocycles. The summed E-state index contributed by atoms with van der Waals surface area (Å²) < 4.78 is 1.10. The average molecular weight is 339 g/mol.